The lowest BCUT2D eigenvalue weighted by Gasteiger charge is -2.35. The Hall–Kier alpha value is -0.480. The average Bonchev–Trinajstić information content (AvgIpc) is 2.29. The maximum atomic E-state index is 12.3. The van der Waals surface area contributed by atoms with Crippen molar-refractivity contribution in [3.8, 4) is 0 Å². The predicted octanol–water partition coefficient (Wildman–Crippen LogP) is 3.62. The summed E-state index contributed by atoms with van der Waals surface area (Å²) in [6, 6.07) is 5.45. The van der Waals surface area contributed by atoms with E-state index in [1.54, 1.807) is 12.1 Å². The first-order valence-corrected chi connectivity index (χ1v) is 7.55. The molecule has 1 heterocycles. The Labute approximate surface area is 142 Å². The van der Waals surface area contributed by atoms with Crippen LogP contribution in [0.3, 0.4) is 0 Å². The zero-order valence-electron chi connectivity index (χ0n) is 12.4. The summed E-state index contributed by atoms with van der Waals surface area (Å²) in [5.41, 5.74) is 0.468. The number of nitrogens with one attached hydrogen (secondary N) is 2. The van der Waals surface area contributed by atoms with Gasteiger partial charge in [-0.25, -0.2) is 0 Å². The van der Waals surface area contributed by atoms with Gasteiger partial charge in [-0.3, -0.25) is 4.79 Å². The number of hydrogen-bond donors (Lipinski definition) is 2. The first kappa shape index (κ1) is 18.6. The normalized spacial score (nSPS) is 16.6. The fourth-order valence-corrected chi connectivity index (χ4v) is 2.56. The molecule has 1 atom stereocenters. The van der Waals surface area contributed by atoms with Crippen LogP contribution in [0.15, 0.2) is 18.2 Å². The van der Waals surface area contributed by atoms with Crippen LogP contribution >= 0.6 is 35.6 Å². The molecule has 1 fully saturated rings. The molecular weight excluding hydrogens is 331 g/mol. The second-order valence-corrected chi connectivity index (χ2v) is 6.76. The van der Waals surface area contributed by atoms with E-state index in [2.05, 4.69) is 10.6 Å². The maximum absolute atomic E-state index is 12.3. The number of benzene rings is 1. The number of rotatable bonds is 4. The number of carbonyl (C=O) groups is 1. The van der Waals surface area contributed by atoms with E-state index in [0.29, 0.717) is 16.0 Å². The van der Waals surface area contributed by atoms with Gasteiger partial charge in [-0.1, -0.05) is 36.2 Å². The van der Waals surface area contributed by atoms with Crippen molar-refractivity contribution in [2.24, 2.45) is 11.8 Å². The highest BCUT2D eigenvalue weighted by Crippen LogP contribution is 2.29. The molecule has 21 heavy (non-hydrogen) atoms. The molecule has 1 amide bonds. The van der Waals surface area contributed by atoms with Crippen molar-refractivity contribution in [3.05, 3.63) is 33.8 Å². The van der Waals surface area contributed by atoms with Crippen LogP contribution in [0.1, 0.15) is 26.3 Å². The summed E-state index contributed by atoms with van der Waals surface area (Å²) in [6.07, 6.45) is 0. The number of amides is 1. The molecule has 0 saturated carbocycles. The second-order valence-electron chi connectivity index (χ2n) is 5.95. The highest BCUT2D eigenvalue weighted by Gasteiger charge is 2.32. The molecule has 1 aliphatic heterocycles. The summed E-state index contributed by atoms with van der Waals surface area (Å²) in [4.78, 5) is 12.3. The topological polar surface area (TPSA) is 41.1 Å². The fourth-order valence-electron chi connectivity index (χ4n) is 2.26. The van der Waals surface area contributed by atoms with Crippen molar-refractivity contribution in [3.63, 3.8) is 0 Å². The molecule has 1 saturated heterocycles. The highest BCUT2D eigenvalue weighted by atomic mass is 35.5. The standard InChI is InChI=1S/C15H20Cl2N2O.ClH/c1-9(10-7-18-8-10)14(20)19-15(2,3)11-4-5-12(16)13(17)6-11;/h4-6,9-10,18H,7-8H2,1-3H3,(H,19,20);1H. The van der Waals surface area contributed by atoms with Crippen LogP contribution in [0, 0.1) is 11.8 Å². The Bertz CT molecular complexity index is 516. The Morgan fingerprint density at radius 1 is 1.33 bits per heavy atom. The summed E-state index contributed by atoms with van der Waals surface area (Å²) in [5, 5.41) is 7.32. The molecule has 2 rings (SSSR count). The number of hydrogen-bond acceptors (Lipinski definition) is 2. The van der Waals surface area contributed by atoms with Crippen molar-refractivity contribution >= 4 is 41.5 Å². The Balaban J connectivity index is 0.00000220. The summed E-state index contributed by atoms with van der Waals surface area (Å²) in [7, 11) is 0. The third kappa shape index (κ3) is 4.26. The summed E-state index contributed by atoms with van der Waals surface area (Å²) < 4.78 is 0. The molecule has 0 aromatic heterocycles. The highest BCUT2D eigenvalue weighted by molar-refractivity contribution is 6.42. The first-order chi connectivity index (χ1) is 9.31. The van der Waals surface area contributed by atoms with Crippen molar-refractivity contribution in [1.29, 1.82) is 0 Å². The van der Waals surface area contributed by atoms with Gasteiger partial charge < -0.3 is 10.6 Å². The van der Waals surface area contributed by atoms with Crippen molar-refractivity contribution < 1.29 is 4.79 Å². The van der Waals surface area contributed by atoms with Crippen LogP contribution in [0.5, 0.6) is 0 Å². The second kappa shape index (κ2) is 7.19. The minimum absolute atomic E-state index is 0. The van der Waals surface area contributed by atoms with Gasteiger partial charge in [-0.2, -0.15) is 0 Å². The summed E-state index contributed by atoms with van der Waals surface area (Å²) in [6.45, 7) is 7.75. The zero-order chi connectivity index (χ0) is 14.9. The van der Waals surface area contributed by atoms with E-state index in [4.69, 9.17) is 23.2 Å². The van der Waals surface area contributed by atoms with Gasteiger partial charge in [0.1, 0.15) is 0 Å². The van der Waals surface area contributed by atoms with Crippen LogP contribution in [-0.2, 0) is 10.3 Å². The van der Waals surface area contributed by atoms with E-state index in [1.165, 1.54) is 0 Å². The van der Waals surface area contributed by atoms with Crippen molar-refractivity contribution in [2.45, 2.75) is 26.3 Å². The molecule has 118 valence electrons. The van der Waals surface area contributed by atoms with Gasteiger partial charge in [0.15, 0.2) is 0 Å². The van der Waals surface area contributed by atoms with Crippen LogP contribution in [-0.4, -0.2) is 19.0 Å². The smallest absolute Gasteiger partial charge is 0.223 e. The van der Waals surface area contributed by atoms with Crippen molar-refractivity contribution in [1.82, 2.24) is 10.6 Å². The molecule has 0 spiro atoms. The van der Waals surface area contributed by atoms with E-state index in [1.807, 2.05) is 26.8 Å². The SMILES string of the molecule is CC(C(=O)NC(C)(C)c1ccc(Cl)c(Cl)c1)C1CNC1.Cl. The van der Waals surface area contributed by atoms with Crippen LogP contribution in [0.4, 0.5) is 0 Å². The van der Waals surface area contributed by atoms with Crippen LogP contribution in [0.25, 0.3) is 0 Å². The predicted molar refractivity (Wildman–Crippen MR) is 90.4 cm³/mol. The average molecular weight is 352 g/mol. The minimum atomic E-state index is -0.475. The van der Waals surface area contributed by atoms with E-state index < -0.39 is 5.54 Å². The molecule has 0 bridgehead atoms. The molecule has 6 heteroatoms. The maximum Gasteiger partial charge on any atom is 0.223 e. The lowest BCUT2D eigenvalue weighted by atomic mass is 9.86. The molecule has 2 N–H and O–H groups in total. The number of halogens is 3. The molecule has 1 unspecified atom stereocenters. The van der Waals surface area contributed by atoms with E-state index in [0.717, 1.165) is 18.7 Å². The molecule has 0 aliphatic carbocycles. The van der Waals surface area contributed by atoms with Gasteiger partial charge in [0.05, 0.1) is 15.6 Å². The summed E-state index contributed by atoms with van der Waals surface area (Å²) >= 11 is 12.0. The van der Waals surface area contributed by atoms with E-state index in [9.17, 15) is 4.79 Å². The Kier molecular flexibility index (Phi) is 6.36. The minimum Gasteiger partial charge on any atom is -0.347 e. The zero-order valence-corrected chi connectivity index (χ0v) is 14.7. The first-order valence-electron chi connectivity index (χ1n) is 6.79. The van der Waals surface area contributed by atoms with Gasteiger partial charge in [-0.05, 0) is 50.6 Å². The van der Waals surface area contributed by atoms with Gasteiger partial charge in [0.25, 0.3) is 0 Å². The molecule has 1 aliphatic rings. The molecule has 1 aromatic carbocycles. The van der Waals surface area contributed by atoms with Crippen LogP contribution < -0.4 is 10.6 Å². The lowest BCUT2D eigenvalue weighted by molar-refractivity contribution is -0.128. The summed E-state index contributed by atoms with van der Waals surface area (Å²) in [5.74, 6) is 0.519. The fraction of sp³-hybridized carbons (Fsp3) is 0.533. The quantitative estimate of drug-likeness (QED) is 0.870. The van der Waals surface area contributed by atoms with Gasteiger partial charge >= 0.3 is 0 Å². The lowest BCUT2D eigenvalue weighted by Crippen LogP contribution is -2.52. The molecule has 3 nitrogen and oxygen atoms in total. The molecule has 1 aromatic rings. The monoisotopic (exact) mass is 350 g/mol. The third-order valence-corrected chi connectivity index (χ3v) is 4.75. The molecular formula is C15H21Cl3N2O. The van der Waals surface area contributed by atoms with Crippen molar-refractivity contribution in [2.75, 3.05) is 13.1 Å². The van der Waals surface area contributed by atoms with E-state index in [-0.39, 0.29) is 24.2 Å². The van der Waals surface area contributed by atoms with Crippen LogP contribution in [0.2, 0.25) is 10.0 Å². The molecule has 0 radical (unpaired) electrons. The Morgan fingerprint density at radius 2 is 1.95 bits per heavy atom. The largest absolute Gasteiger partial charge is 0.347 e. The number of carbonyl (C=O) groups excluding carboxylic acids is 1. The Morgan fingerprint density at radius 3 is 2.43 bits per heavy atom. The third-order valence-electron chi connectivity index (χ3n) is 4.01. The van der Waals surface area contributed by atoms with Gasteiger partial charge in [-0.15, -0.1) is 12.4 Å². The van der Waals surface area contributed by atoms with Gasteiger partial charge in [0, 0.05) is 5.92 Å². The van der Waals surface area contributed by atoms with E-state index >= 15 is 0 Å². The van der Waals surface area contributed by atoms with Gasteiger partial charge in [0.2, 0.25) is 5.91 Å².